The standard InChI is InChI=1S/C26H23NO3/c1-26(25(29)30-2)18-22(27(24(26)28)21-16-10-5-11-17-21)23(19-12-6-3-7-13-19)20-14-8-4-9-15-20/h3-17H,18H2,1-2H3/t26-/m0/s1. The minimum absolute atomic E-state index is 0.256. The molecule has 1 aliphatic heterocycles. The Morgan fingerprint density at radius 1 is 0.833 bits per heavy atom. The maximum atomic E-state index is 13.6. The molecule has 0 saturated carbocycles. The second-order valence-corrected chi connectivity index (χ2v) is 7.53. The average molecular weight is 397 g/mol. The number of rotatable bonds is 4. The number of nitrogens with zero attached hydrogens (tertiary/aromatic N) is 1. The number of esters is 1. The van der Waals surface area contributed by atoms with E-state index in [0.717, 1.165) is 28.1 Å². The number of hydrogen-bond acceptors (Lipinski definition) is 3. The van der Waals surface area contributed by atoms with Gasteiger partial charge < -0.3 is 4.74 Å². The summed E-state index contributed by atoms with van der Waals surface area (Å²) in [4.78, 5) is 27.9. The van der Waals surface area contributed by atoms with Gasteiger partial charge in [-0.2, -0.15) is 0 Å². The van der Waals surface area contributed by atoms with E-state index in [4.69, 9.17) is 4.74 Å². The first kappa shape index (κ1) is 19.6. The molecule has 1 atom stereocenters. The van der Waals surface area contributed by atoms with Crippen LogP contribution in [-0.4, -0.2) is 19.0 Å². The molecular weight excluding hydrogens is 374 g/mol. The Morgan fingerprint density at radius 3 is 1.77 bits per heavy atom. The van der Waals surface area contributed by atoms with Crippen molar-refractivity contribution < 1.29 is 14.3 Å². The van der Waals surface area contributed by atoms with Crippen LogP contribution in [0.3, 0.4) is 0 Å². The summed E-state index contributed by atoms with van der Waals surface area (Å²) in [5.41, 5.74) is 3.14. The van der Waals surface area contributed by atoms with E-state index in [1.54, 1.807) is 11.8 Å². The Labute approximate surface area is 176 Å². The lowest BCUT2D eigenvalue weighted by Crippen LogP contribution is -2.38. The van der Waals surface area contributed by atoms with Gasteiger partial charge in [-0.15, -0.1) is 0 Å². The molecule has 150 valence electrons. The summed E-state index contributed by atoms with van der Waals surface area (Å²) in [6, 6.07) is 29.4. The van der Waals surface area contributed by atoms with E-state index >= 15 is 0 Å². The van der Waals surface area contributed by atoms with Gasteiger partial charge in [0.15, 0.2) is 0 Å². The highest BCUT2D eigenvalue weighted by atomic mass is 16.5. The third kappa shape index (κ3) is 3.30. The molecule has 1 amide bonds. The predicted molar refractivity (Wildman–Crippen MR) is 118 cm³/mol. The summed E-state index contributed by atoms with van der Waals surface area (Å²) >= 11 is 0. The maximum absolute atomic E-state index is 13.6. The molecule has 0 aromatic heterocycles. The van der Waals surface area contributed by atoms with Gasteiger partial charge in [0, 0.05) is 23.4 Å². The summed E-state index contributed by atoms with van der Waals surface area (Å²) in [5.74, 6) is -0.802. The first-order valence-corrected chi connectivity index (χ1v) is 9.88. The molecule has 0 unspecified atom stereocenters. The van der Waals surface area contributed by atoms with Crippen LogP contribution in [0.4, 0.5) is 5.69 Å². The zero-order chi connectivity index (χ0) is 21.1. The van der Waals surface area contributed by atoms with Gasteiger partial charge in [-0.25, -0.2) is 0 Å². The number of ether oxygens (including phenoxy) is 1. The number of methoxy groups -OCH3 is 1. The van der Waals surface area contributed by atoms with Crippen LogP contribution in [0.25, 0.3) is 5.57 Å². The zero-order valence-electron chi connectivity index (χ0n) is 17.0. The van der Waals surface area contributed by atoms with Gasteiger partial charge in [0.2, 0.25) is 5.91 Å². The molecule has 0 aliphatic carbocycles. The van der Waals surface area contributed by atoms with Crippen molar-refractivity contribution in [1.82, 2.24) is 0 Å². The average Bonchev–Trinajstić information content (AvgIpc) is 3.06. The van der Waals surface area contributed by atoms with Crippen LogP contribution in [-0.2, 0) is 14.3 Å². The lowest BCUT2D eigenvalue weighted by Gasteiger charge is -2.23. The number of benzene rings is 3. The number of anilines is 1. The van der Waals surface area contributed by atoms with Crippen molar-refractivity contribution in [2.75, 3.05) is 12.0 Å². The fourth-order valence-electron chi connectivity index (χ4n) is 4.00. The summed E-state index contributed by atoms with van der Waals surface area (Å²) in [6.45, 7) is 1.66. The minimum Gasteiger partial charge on any atom is -0.468 e. The van der Waals surface area contributed by atoms with E-state index in [9.17, 15) is 9.59 Å². The zero-order valence-corrected chi connectivity index (χ0v) is 17.0. The topological polar surface area (TPSA) is 46.6 Å². The highest BCUT2D eigenvalue weighted by molar-refractivity contribution is 6.16. The Balaban J connectivity index is 2.02. The number of carbonyl (C=O) groups excluding carboxylic acids is 2. The van der Waals surface area contributed by atoms with E-state index < -0.39 is 11.4 Å². The van der Waals surface area contributed by atoms with Crippen molar-refractivity contribution in [1.29, 1.82) is 0 Å². The molecule has 0 N–H and O–H groups in total. The molecule has 4 rings (SSSR count). The molecule has 30 heavy (non-hydrogen) atoms. The van der Waals surface area contributed by atoms with Crippen molar-refractivity contribution in [3.63, 3.8) is 0 Å². The fraction of sp³-hybridized carbons (Fsp3) is 0.154. The molecule has 4 heteroatoms. The highest BCUT2D eigenvalue weighted by Crippen LogP contribution is 2.46. The van der Waals surface area contributed by atoms with Crippen LogP contribution in [0.1, 0.15) is 24.5 Å². The normalized spacial score (nSPS) is 18.4. The smallest absolute Gasteiger partial charge is 0.321 e. The predicted octanol–water partition coefficient (Wildman–Crippen LogP) is 5.06. The molecule has 0 radical (unpaired) electrons. The third-order valence-electron chi connectivity index (χ3n) is 5.53. The van der Waals surface area contributed by atoms with E-state index in [0.29, 0.717) is 0 Å². The molecule has 3 aromatic carbocycles. The summed E-state index contributed by atoms with van der Waals surface area (Å²) in [6.07, 6.45) is 0.256. The summed E-state index contributed by atoms with van der Waals surface area (Å²) < 4.78 is 5.02. The number of carbonyl (C=O) groups is 2. The summed E-state index contributed by atoms with van der Waals surface area (Å²) in [7, 11) is 1.32. The molecule has 0 spiro atoms. The molecule has 1 fully saturated rings. The number of allylic oxidation sites excluding steroid dienone is 1. The van der Waals surface area contributed by atoms with E-state index in [1.807, 2.05) is 91.0 Å². The van der Waals surface area contributed by atoms with Crippen molar-refractivity contribution in [3.05, 3.63) is 108 Å². The van der Waals surface area contributed by atoms with E-state index in [2.05, 4.69) is 0 Å². The Hall–Kier alpha value is -3.66. The number of hydrogen-bond donors (Lipinski definition) is 0. The molecule has 1 heterocycles. The van der Waals surface area contributed by atoms with Gasteiger partial charge in [0.05, 0.1) is 7.11 Å². The van der Waals surface area contributed by atoms with Crippen molar-refractivity contribution >= 4 is 23.1 Å². The first-order valence-electron chi connectivity index (χ1n) is 9.88. The lowest BCUT2D eigenvalue weighted by molar-refractivity contribution is -0.155. The SMILES string of the molecule is COC(=O)[C@@]1(C)CC(=C(c2ccccc2)c2ccccc2)N(c2ccccc2)C1=O. The summed E-state index contributed by atoms with van der Waals surface area (Å²) in [5, 5.41) is 0. The maximum Gasteiger partial charge on any atom is 0.321 e. The molecule has 4 nitrogen and oxygen atoms in total. The third-order valence-corrected chi connectivity index (χ3v) is 5.53. The van der Waals surface area contributed by atoms with Crippen molar-refractivity contribution in [2.45, 2.75) is 13.3 Å². The van der Waals surface area contributed by atoms with Crippen molar-refractivity contribution in [3.8, 4) is 0 Å². The molecule has 1 saturated heterocycles. The van der Waals surface area contributed by atoms with Crippen LogP contribution in [0.5, 0.6) is 0 Å². The first-order chi connectivity index (χ1) is 14.6. The van der Waals surface area contributed by atoms with Crippen LogP contribution >= 0.6 is 0 Å². The van der Waals surface area contributed by atoms with Gasteiger partial charge in [0.1, 0.15) is 5.41 Å². The van der Waals surface area contributed by atoms with Crippen LogP contribution < -0.4 is 4.90 Å². The largest absolute Gasteiger partial charge is 0.468 e. The quantitative estimate of drug-likeness (QED) is 0.457. The van der Waals surface area contributed by atoms with Gasteiger partial charge in [-0.05, 0) is 30.2 Å². The Morgan fingerprint density at radius 2 is 1.30 bits per heavy atom. The van der Waals surface area contributed by atoms with Gasteiger partial charge in [-0.3, -0.25) is 14.5 Å². The van der Waals surface area contributed by atoms with Crippen LogP contribution in [0, 0.1) is 5.41 Å². The second kappa shape index (κ2) is 7.99. The molecule has 1 aliphatic rings. The molecule has 3 aromatic rings. The van der Waals surface area contributed by atoms with Gasteiger partial charge >= 0.3 is 5.97 Å². The van der Waals surface area contributed by atoms with Gasteiger partial charge in [-0.1, -0.05) is 78.9 Å². The van der Waals surface area contributed by atoms with Crippen molar-refractivity contribution in [2.24, 2.45) is 5.41 Å². The van der Waals surface area contributed by atoms with E-state index in [-0.39, 0.29) is 12.3 Å². The van der Waals surface area contributed by atoms with Crippen LogP contribution in [0.15, 0.2) is 96.7 Å². The monoisotopic (exact) mass is 397 g/mol. The van der Waals surface area contributed by atoms with Gasteiger partial charge in [0.25, 0.3) is 0 Å². The van der Waals surface area contributed by atoms with Crippen LogP contribution in [0.2, 0.25) is 0 Å². The Bertz CT molecular complexity index is 1050. The Kier molecular flexibility index (Phi) is 5.23. The molecular formula is C26H23NO3. The fourth-order valence-corrected chi connectivity index (χ4v) is 4.00. The number of para-hydroxylation sites is 1. The minimum atomic E-state index is -1.28. The second-order valence-electron chi connectivity index (χ2n) is 7.53. The molecule has 0 bridgehead atoms. The lowest BCUT2D eigenvalue weighted by atomic mass is 9.86. The van der Waals surface area contributed by atoms with E-state index in [1.165, 1.54) is 7.11 Å². The number of amides is 1. The highest BCUT2D eigenvalue weighted by Gasteiger charge is 2.53.